The first-order valence-electron chi connectivity index (χ1n) is 7.02. The highest BCUT2D eigenvalue weighted by atomic mass is 14.3. The number of rotatable bonds is 8. The van der Waals surface area contributed by atoms with E-state index in [2.05, 4.69) is 41.5 Å². The number of hydrogen-bond donors (Lipinski definition) is 0. The van der Waals surface area contributed by atoms with Gasteiger partial charge >= 0.3 is 0 Å². The molecule has 0 aliphatic heterocycles. The van der Waals surface area contributed by atoms with Gasteiger partial charge in [-0.3, -0.25) is 0 Å². The van der Waals surface area contributed by atoms with E-state index in [0.717, 1.165) is 23.7 Å². The van der Waals surface area contributed by atoms with Gasteiger partial charge in [-0.05, 0) is 30.1 Å². The van der Waals surface area contributed by atoms with Crippen LogP contribution in [0.1, 0.15) is 73.6 Å². The largest absolute Gasteiger partial charge is 0.0654 e. The molecular formula is C15H32. The molecule has 0 aliphatic rings. The molecule has 0 aliphatic carbocycles. The maximum Gasteiger partial charge on any atom is -0.0386 e. The van der Waals surface area contributed by atoms with Crippen molar-refractivity contribution in [2.75, 3.05) is 0 Å². The normalized spacial score (nSPS) is 17.8. The smallest absolute Gasteiger partial charge is 0.0386 e. The highest BCUT2D eigenvalue weighted by molar-refractivity contribution is 4.71. The van der Waals surface area contributed by atoms with Gasteiger partial charge in [-0.25, -0.2) is 0 Å². The topological polar surface area (TPSA) is 0 Å². The highest BCUT2D eigenvalue weighted by Crippen LogP contribution is 2.31. The summed E-state index contributed by atoms with van der Waals surface area (Å²) < 4.78 is 0. The predicted octanol–water partition coefficient (Wildman–Crippen LogP) is 5.52. The van der Waals surface area contributed by atoms with E-state index in [4.69, 9.17) is 0 Å². The Morgan fingerprint density at radius 1 is 0.800 bits per heavy atom. The molecule has 0 bridgehead atoms. The average Bonchev–Trinajstić information content (AvgIpc) is 2.21. The molecule has 15 heavy (non-hydrogen) atoms. The van der Waals surface area contributed by atoms with E-state index in [0.29, 0.717) is 0 Å². The van der Waals surface area contributed by atoms with Gasteiger partial charge in [-0.1, -0.05) is 67.2 Å². The van der Waals surface area contributed by atoms with Crippen LogP contribution in [0.3, 0.4) is 0 Å². The zero-order valence-corrected chi connectivity index (χ0v) is 11.8. The van der Waals surface area contributed by atoms with E-state index in [9.17, 15) is 0 Å². The summed E-state index contributed by atoms with van der Waals surface area (Å²) in [6.45, 7) is 14.2. The van der Waals surface area contributed by atoms with E-state index >= 15 is 0 Å². The monoisotopic (exact) mass is 212 g/mol. The highest BCUT2D eigenvalue weighted by Gasteiger charge is 2.20. The minimum atomic E-state index is 0.869. The molecule has 0 aromatic heterocycles. The number of hydrogen-bond acceptors (Lipinski definition) is 0. The van der Waals surface area contributed by atoms with E-state index in [1.54, 1.807) is 0 Å². The van der Waals surface area contributed by atoms with Crippen molar-refractivity contribution in [3.05, 3.63) is 0 Å². The van der Waals surface area contributed by atoms with Crippen molar-refractivity contribution in [1.29, 1.82) is 0 Å². The second-order valence-corrected chi connectivity index (χ2v) is 5.76. The Kier molecular flexibility index (Phi) is 8.19. The van der Waals surface area contributed by atoms with Crippen molar-refractivity contribution in [3.8, 4) is 0 Å². The van der Waals surface area contributed by atoms with Gasteiger partial charge in [0.2, 0.25) is 0 Å². The molecule has 0 aromatic rings. The zero-order valence-electron chi connectivity index (χ0n) is 11.8. The fraction of sp³-hybridized carbons (Fsp3) is 1.00. The maximum atomic E-state index is 2.47. The first-order valence-corrected chi connectivity index (χ1v) is 7.02. The van der Waals surface area contributed by atoms with Crippen LogP contribution < -0.4 is 0 Å². The minimum Gasteiger partial charge on any atom is -0.0654 e. The van der Waals surface area contributed by atoms with Crippen LogP contribution >= 0.6 is 0 Å². The quantitative estimate of drug-likeness (QED) is 0.497. The predicted molar refractivity (Wildman–Crippen MR) is 71.1 cm³/mol. The second kappa shape index (κ2) is 8.19. The zero-order chi connectivity index (χ0) is 11.8. The van der Waals surface area contributed by atoms with Crippen LogP contribution in [0.2, 0.25) is 0 Å². The standard InChI is InChI=1S/C15H32/c1-7-9-15(11-10-12(3)4)14(6)13(5)8-2/h12-15H,7-11H2,1-6H3. The molecule has 92 valence electrons. The van der Waals surface area contributed by atoms with Crippen LogP contribution in [0.15, 0.2) is 0 Å². The Balaban J connectivity index is 4.11. The molecule has 0 heteroatoms. The van der Waals surface area contributed by atoms with Crippen LogP contribution in [-0.4, -0.2) is 0 Å². The molecule has 0 amide bonds. The molecule has 3 atom stereocenters. The summed E-state index contributed by atoms with van der Waals surface area (Å²) >= 11 is 0. The molecule has 0 saturated heterocycles. The molecular weight excluding hydrogens is 180 g/mol. The van der Waals surface area contributed by atoms with Crippen LogP contribution in [-0.2, 0) is 0 Å². The lowest BCUT2D eigenvalue weighted by Crippen LogP contribution is -2.19. The van der Waals surface area contributed by atoms with Gasteiger partial charge in [0.25, 0.3) is 0 Å². The minimum absolute atomic E-state index is 0.869. The molecule has 0 rings (SSSR count). The van der Waals surface area contributed by atoms with E-state index in [-0.39, 0.29) is 0 Å². The van der Waals surface area contributed by atoms with Crippen LogP contribution in [0.25, 0.3) is 0 Å². The Morgan fingerprint density at radius 2 is 1.40 bits per heavy atom. The SMILES string of the molecule is CCCC(CCC(C)C)C(C)C(C)CC. The van der Waals surface area contributed by atoms with Crippen molar-refractivity contribution in [1.82, 2.24) is 0 Å². The summed E-state index contributed by atoms with van der Waals surface area (Å²) in [5.74, 6) is 3.64. The molecule has 0 spiro atoms. The summed E-state index contributed by atoms with van der Waals surface area (Å²) in [5, 5.41) is 0. The van der Waals surface area contributed by atoms with Gasteiger partial charge in [-0.2, -0.15) is 0 Å². The molecule has 0 aromatic carbocycles. The Bertz CT molecular complexity index is 137. The lowest BCUT2D eigenvalue weighted by molar-refractivity contribution is 0.219. The van der Waals surface area contributed by atoms with Crippen LogP contribution in [0.5, 0.6) is 0 Å². The lowest BCUT2D eigenvalue weighted by Gasteiger charge is -2.29. The maximum absolute atomic E-state index is 2.47. The van der Waals surface area contributed by atoms with Gasteiger partial charge in [-0.15, -0.1) is 0 Å². The van der Waals surface area contributed by atoms with Crippen LogP contribution in [0, 0.1) is 23.7 Å². The molecule has 0 radical (unpaired) electrons. The van der Waals surface area contributed by atoms with Crippen LogP contribution in [0.4, 0.5) is 0 Å². The second-order valence-electron chi connectivity index (χ2n) is 5.76. The first kappa shape index (κ1) is 15.0. The van der Waals surface area contributed by atoms with Gasteiger partial charge in [0, 0.05) is 0 Å². The Labute approximate surface area is 97.8 Å². The summed E-state index contributed by atoms with van der Waals surface area (Å²) in [7, 11) is 0. The molecule has 0 fully saturated rings. The summed E-state index contributed by atoms with van der Waals surface area (Å²) in [6, 6.07) is 0. The van der Waals surface area contributed by atoms with Gasteiger partial charge in [0.15, 0.2) is 0 Å². The van der Waals surface area contributed by atoms with Crippen molar-refractivity contribution in [2.45, 2.75) is 73.6 Å². The van der Waals surface area contributed by atoms with Gasteiger partial charge < -0.3 is 0 Å². The molecule has 0 saturated carbocycles. The van der Waals surface area contributed by atoms with Crippen molar-refractivity contribution < 1.29 is 0 Å². The van der Waals surface area contributed by atoms with E-state index in [1.165, 1.54) is 32.1 Å². The third-order valence-corrected chi connectivity index (χ3v) is 4.06. The molecule has 0 N–H and O–H groups in total. The summed E-state index contributed by atoms with van der Waals surface area (Å²) in [4.78, 5) is 0. The molecule has 0 nitrogen and oxygen atoms in total. The molecule has 0 heterocycles. The Hall–Kier alpha value is 0. The van der Waals surface area contributed by atoms with Gasteiger partial charge in [0.05, 0.1) is 0 Å². The third-order valence-electron chi connectivity index (χ3n) is 4.06. The summed E-state index contributed by atoms with van der Waals surface area (Å²) in [5.41, 5.74) is 0. The average molecular weight is 212 g/mol. The molecule has 3 unspecified atom stereocenters. The van der Waals surface area contributed by atoms with E-state index < -0.39 is 0 Å². The Morgan fingerprint density at radius 3 is 1.80 bits per heavy atom. The van der Waals surface area contributed by atoms with Crippen molar-refractivity contribution >= 4 is 0 Å². The van der Waals surface area contributed by atoms with Crippen molar-refractivity contribution in [3.63, 3.8) is 0 Å². The lowest BCUT2D eigenvalue weighted by atomic mass is 9.77. The fourth-order valence-electron chi connectivity index (χ4n) is 2.42. The van der Waals surface area contributed by atoms with Gasteiger partial charge in [0.1, 0.15) is 0 Å². The van der Waals surface area contributed by atoms with E-state index in [1.807, 2.05) is 0 Å². The van der Waals surface area contributed by atoms with Crippen molar-refractivity contribution in [2.24, 2.45) is 23.7 Å². The third kappa shape index (κ3) is 6.22. The fourth-order valence-corrected chi connectivity index (χ4v) is 2.42. The summed E-state index contributed by atoms with van der Waals surface area (Å²) in [6.07, 6.45) is 6.97. The first-order chi connectivity index (χ1) is 7.02.